The van der Waals surface area contributed by atoms with Gasteiger partial charge in [-0.25, -0.2) is 9.97 Å². The van der Waals surface area contributed by atoms with E-state index < -0.39 is 0 Å². The van der Waals surface area contributed by atoms with Crippen LogP contribution in [-0.2, 0) is 0 Å². The Labute approximate surface area is 362 Å². The summed E-state index contributed by atoms with van der Waals surface area (Å²) >= 11 is 0. The molecule has 7 rings (SSSR count). The topological polar surface area (TPSA) is 111 Å². The molecule has 10 nitrogen and oxygen atoms in total. The third kappa shape index (κ3) is 9.26. The van der Waals surface area contributed by atoms with Gasteiger partial charge in [-0.2, -0.15) is 0 Å². The van der Waals surface area contributed by atoms with E-state index in [1.165, 1.54) is 0 Å². The van der Waals surface area contributed by atoms with Crippen molar-refractivity contribution in [1.29, 1.82) is 0 Å². The lowest BCUT2D eigenvalue weighted by Gasteiger charge is -2.16. The SMILES string of the molecule is CCCCOc1cc(C#Cc2cc3ccc4ccc(-c5c(OC)cccc5OC)nc4c3nc2-c2c(OC)cccc2OC)c(OCCCC)cc1C#Cc1ccc(C=O)nc1. The van der Waals surface area contributed by atoms with Gasteiger partial charge in [0.15, 0.2) is 6.29 Å². The second kappa shape index (κ2) is 20.1. The number of methoxy groups -OCH3 is 4. The molecule has 0 unspecified atom stereocenters. The first kappa shape index (κ1) is 42.6. The number of ether oxygens (including phenoxy) is 6. The van der Waals surface area contributed by atoms with E-state index in [0.717, 1.165) is 42.0 Å². The van der Waals surface area contributed by atoms with Gasteiger partial charge in [-0.1, -0.05) is 80.7 Å². The number of rotatable bonds is 15. The lowest BCUT2D eigenvalue weighted by molar-refractivity contribution is 0.111. The number of hydrogen-bond acceptors (Lipinski definition) is 10. The molecule has 0 aliphatic carbocycles. The molecule has 10 heteroatoms. The van der Waals surface area contributed by atoms with Gasteiger partial charge in [0, 0.05) is 34.7 Å². The molecule has 0 fully saturated rings. The third-order valence-electron chi connectivity index (χ3n) is 10.2. The van der Waals surface area contributed by atoms with Gasteiger partial charge in [0.05, 0.1) is 91.9 Å². The van der Waals surface area contributed by atoms with Gasteiger partial charge < -0.3 is 28.4 Å². The minimum atomic E-state index is 0.340. The van der Waals surface area contributed by atoms with Crippen LogP contribution in [0.25, 0.3) is 44.3 Å². The van der Waals surface area contributed by atoms with E-state index in [1.807, 2.05) is 78.9 Å². The number of hydrogen-bond donors (Lipinski definition) is 0. The number of carbonyl (C=O) groups excluding carboxylic acids is 1. The Bertz CT molecular complexity index is 2820. The van der Waals surface area contributed by atoms with E-state index in [0.29, 0.717) is 110 Å². The smallest absolute Gasteiger partial charge is 0.168 e. The summed E-state index contributed by atoms with van der Waals surface area (Å²) in [6, 6.07) is 28.5. The predicted molar refractivity (Wildman–Crippen MR) is 243 cm³/mol. The Morgan fingerprint density at radius 1 is 0.548 bits per heavy atom. The zero-order chi connectivity index (χ0) is 43.4. The molecule has 0 aliphatic rings. The van der Waals surface area contributed by atoms with Crippen molar-refractivity contribution in [3.8, 4) is 80.7 Å². The first-order chi connectivity index (χ1) is 30.4. The maximum Gasteiger partial charge on any atom is 0.168 e. The highest BCUT2D eigenvalue weighted by molar-refractivity contribution is 6.05. The van der Waals surface area contributed by atoms with Gasteiger partial charge in [-0.3, -0.25) is 9.78 Å². The lowest BCUT2D eigenvalue weighted by atomic mass is 9.99. The summed E-state index contributed by atoms with van der Waals surface area (Å²) in [6.07, 6.45) is 5.93. The quantitative estimate of drug-likeness (QED) is 0.0429. The van der Waals surface area contributed by atoms with Crippen molar-refractivity contribution in [2.45, 2.75) is 39.5 Å². The minimum Gasteiger partial charge on any atom is -0.496 e. The molecule has 0 amide bonds. The zero-order valence-corrected chi connectivity index (χ0v) is 35.8. The maximum absolute atomic E-state index is 11.2. The Kier molecular flexibility index (Phi) is 13.8. The van der Waals surface area contributed by atoms with Crippen molar-refractivity contribution in [2.24, 2.45) is 0 Å². The van der Waals surface area contributed by atoms with Crippen LogP contribution in [0.2, 0.25) is 0 Å². The van der Waals surface area contributed by atoms with Crippen LogP contribution in [0.5, 0.6) is 34.5 Å². The summed E-state index contributed by atoms with van der Waals surface area (Å²) in [6.45, 7) is 5.23. The molecular weight excluding hydrogens is 779 g/mol. The lowest BCUT2D eigenvalue weighted by Crippen LogP contribution is -2.03. The van der Waals surface area contributed by atoms with Crippen LogP contribution in [-0.4, -0.2) is 62.9 Å². The van der Waals surface area contributed by atoms with Crippen LogP contribution in [0.1, 0.15) is 72.3 Å². The Balaban J connectivity index is 1.44. The van der Waals surface area contributed by atoms with E-state index in [1.54, 1.807) is 46.8 Å². The molecule has 3 heterocycles. The van der Waals surface area contributed by atoms with Crippen LogP contribution < -0.4 is 28.4 Å². The second-order valence-electron chi connectivity index (χ2n) is 14.2. The Morgan fingerprint density at radius 3 is 1.63 bits per heavy atom. The number of aldehydes is 1. The van der Waals surface area contributed by atoms with Gasteiger partial charge in [-0.05, 0) is 61.4 Å². The summed E-state index contributed by atoms with van der Waals surface area (Å²) in [5, 5.41) is 1.74. The third-order valence-corrected chi connectivity index (χ3v) is 10.2. The fourth-order valence-electron chi connectivity index (χ4n) is 6.90. The summed E-state index contributed by atoms with van der Waals surface area (Å²) in [4.78, 5) is 25.9. The normalized spacial score (nSPS) is 10.6. The number of pyridine rings is 3. The standard InChI is InChI=1S/C52H47N3O7/c1-7-9-27-61-46-31-37(47(62-28-10-8-2)30-36(46)19-17-34-18-25-40(33-56)53-32-34)21-23-38-29-39-22-20-35-24-26-41(48-42(57-3)13-11-14-43(48)58-4)54-51(35)52(39)55-50(38)49-44(59-5)15-12-16-45(49)60-6/h11-16,18,20,22,24-26,29-33H,7-10,27-28H2,1-6H3. The molecule has 0 atom stereocenters. The number of unbranched alkanes of at least 4 members (excludes halogenated alkanes) is 2. The fourth-order valence-corrected chi connectivity index (χ4v) is 6.90. The van der Waals surface area contributed by atoms with E-state index in [2.05, 4.69) is 42.5 Å². The molecule has 7 aromatic rings. The molecule has 62 heavy (non-hydrogen) atoms. The van der Waals surface area contributed by atoms with E-state index in [-0.39, 0.29) is 0 Å². The van der Waals surface area contributed by atoms with E-state index >= 15 is 0 Å². The van der Waals surface area contributed by atoms with Crippen LogP contribution >= 0.6 is 0 Å². The number of nitrogens with zero attached hydrogens (tertiary/aromatic N) is 3. The average Bonchev–Trinajstić information content (AvgIpc) is 3.32. The molecule has 0 N–H and O–H groups in total. The number of benzene rings is 4. The number of aromatic nitrogens is 3. The maximum atomic E-state index is 11.2. The predicted octanol–water partition coefficient (Wildman–Crippen LogP) is 10.5. The first-order valence-corrected chi connectivity index (χ1v) is 20.5. The number of carbonyl (C=O) groups is 1. The minimum absolute atomic E-state index is 0.340. The van der Waals surface area contributed by atoms with Gasteiger partial charge in [0.1, 0.15) is 40.2 Å². The molecule has 0 bridgehead atoms. The van der Waals surface area contributed by atoms with Crippen LogP contribution in [0.15, 0.2) is 97.2 Å². The van der Waals surface area contributed by atoms with Crippen molar-refractivity contribution in [3.05, 3.63) is 125 Å². The van der Waals surface area contributed by atoms with Crippen molar-refractivity contribution >= 4 is 28.1 Å². The molecular formula is C52H47N3O7. The largest absolute Gasteiger partial charge is 0.496 e. The average molecular weight is 826 g/mol. The van der Waals surface area contributed by atoms with Gasteiger partial charge >= 0.3 is 0 Å². The molecule has 4 aromatic carbocycles. The van der Waals surface area contributed by atoms with Crippen LogP contribution in [0.3, 0.4) is 0 Å². The number of fused-ring (bicyclic) bond motifs is 3. The molecule has 312 valence electrons. The molecule has 0 aliphatic heterocycles. The molecule has 0 saturated heterocycles. The van der Waals surface area contributed by atoms with Gasteiger partial charge in [0.2, 0.25) is 0 Å². The Morgan fingerprint density at radius 2 is 1.08 bits per heavy atom. The van der Waals surface area contributed by atoms with Crippen molar-refractivity contribution in [1.82, 2.24) is 15.0 Å². The van der Waals surface area contributed by atoms with Crippen molar-refractivity contribution in [3.63, 3.8) is 0 Å². The Hall–Kier alpha value is -7.56. The summed E-state index contributed by atoms with van der Waals surface area (Å²) < 4.78 is 36.1. The van der Waals surface area contributed by atoms with E-state index in [9.17, 15) is 4.79 Å². The van der Waals surface area contributed by atoms with Crippen LogP contribution in [0.4, 0.5) is 0 Å². The summed E-state index contributed by atoms with van der Waals surface area (Å²) in [5.41, 5.74) is 6.88. The molecule has 0 saturated carbocycles. The van der Waals surface area contributed by atoms with Crippen LogP contribution in [0, 0.1) is 23.7 Å². The summed E-state index contributed by atoms with van der Waals surface area (Å²) in [5.74, 6) is 16.9. The van der Waals surface area contributed by atoms with Gasteiger partial charge in [0.25, 0.3) is 0 Å². The fraction of sp³-hybridized carbons (Fsp3) is 0.231. The molecule has 3 aromatic heterocycles. The second-order valence-corrected chi connectivity index (χ2v) is 14.2. The van der Waals surface area contributed by atoms with Gasteiger partial charge in [-0.15, -0.1) is 0 Å². The van der Waals surface area contributed by atoms with Crippen molar-refractivity contribution < 1.29 is 33.2 Å². The highest BCUT2D eigenvalue weighted by Crippen LogP contribution is 2.42. The monoisotopic (exact) mass is 825 g/mol. The van der Waals surface area contributed by atoms with Crippen molar-refractivity contribution in [2.75, 3.05) is 41.7 Å². The zero-order valence-electron chi connectivity index (χ0n) is 35.8. The highest BCUT2D eigenvalue weighted by atomic mass is 16.5. The van der Waals surface area contributed by atoms with E-state index in [4.69, 9.17) is 38.4 Å². The molecule has 0 radical (unpaired) electrons. The highest BCUT2D eigenvalue weighted by Gasteiger charge is 2.21. The summed E-state index contributed by atoms with van der Waals surface area (Å²) in [7, 11) is 6.50. The molecule has 0 spiro atoms. The first-order valence-electron chi connectivity index (χ1n) is 20.5.